The van der Waals surface area contributed by atoms with Crippen molar-refractivity contribution in [3.05, 3.63) is 45.1 Å². The molecule has 31 heavy (non-hydrogen) atoms. The molecule has 164 valence electrons. The van der Waals surface area contributed by atoms with Gasteiger partial charge in [-0.1, -0.05) is 0 Å². The second kappa shape index (κ2) is 8.94. The third-order valence-corrected chi connectivity index (χ3v) is 5.23. The van der Waals surface area contributed by atoms with Crippen LogP contribution in [0.5, 0.6) is 5.75 Å². The molecule has 3 aliphatic heterocycles. The number of benzene rings is 1. The summed E-state index contributed by atoms with van der Waals surface area (Å²) in [7, 11) is 1.39. The smallest absolute Gasteiger partial charge is 0.352 e. The second-order valence-electron chi connectivity index (χ2n) is 7.73. The molecule has 4 rings (SSSR count). The fraction of sp³-hybridized carbons (Fsp3) is 0.476. The lowest BCUT2D eigenvalue weighted by Crippen LogP contribution is -2.38. The van der Waals surface area contributed by atoms with Crippen molar-refractivity contribution in [2.75, 3.05) is 39.5 Å². The van der Waals surface area contributed by atoms with Crippen molar-refractivity contribution in [1.29, 1.82) is 0 Å². The summed E-state index contributed by atoms with van der Waals surface area (Å²) in [5.74, 6) is 1.33. The van der Waals surface area contributed by atoms with Gasteiger partial charge in [-0.15, -0.1) is 0 Å². The Kier molecular flexibility index (Phi) is 6.10. The van der Waals surface area contributed by atoms with E-state index in [-0.39, 0.29) is 17.6 Å². The van der Waals surface area contributed by atoms with E-state index in [4.69, 9.17) is 9.47 Å². The normalized spacial score (nSPS) is 15.0. The van der Waals surface area contributed by atoms with Crippen molar-refractivity contribution in [3.8, 4) is 28.7 Å². The zero-order chi connectivity index (χ0) is 22.0. The van der Waals surface area contributed by atoms with Crippen LogP contribution < -0.4 is 16.0 Å². The molecule has 1 saturated heterocycles. The lowest BCUT2D eigenvalue weighted by atomic mass is 10.2. The highest BCUT2D eigenvalue weighted by Gasteiger charge is 2.22. The Balaban J connectivity index is 1.57. The van der Waals surface area contributed by atoms with Crippen molar-refractivity contribution in [2.24, 2.45) is 7.05 Å². The molecule has 3 heterocycles. The van der Waals surface area contributed by atoms with E-state index >= 15 is 0 Å². The van der Waals surface area contributed by atoms with Crippen LogP contribution in [-0.2, 0) is 11.8 Å². The number of hydrogen-bond acceptors (Lipinski definition) is 8. The van der Waals surface area contributed by atoms with Gasteiger partial charge in [0.2, 0.25) is 0 Å². The first-order chi connectivity index (χ1) is 14.9. The lowest BCUT2D eigenvalue weighted by Gasteiger charge is -2.26. The highest BCUT2D eigenvalue weighted by molar-refractivity contribution is 5.60. The van der Waals surface area contributed by atoms with Gasteiger partial charge in [0.25, 0.3) is 5.56 Å². The van der Waals surface area contributed by atoms with Crippen LogP contribution in [0.1, 0.15) is 19.9 Å². The summed E-state index contributed by atoms with van der Waals surface area (Å²) in [5, 5.41) is 4.53. The van der Waals surface area contributed by atoms with Crippen LogP contribution in [0.25, 0.3) is 22.9 Å². The average molecular weight is 426 g/mol. The van der Waals surface area contributed by atoms with Gasteiger partial charge in [-0.2, -0.15) is 10.1 Å². The van der Waals surface area contributed by atoms with E-state index in [0.29, 0.717) is 12.4 Å². The number of ether oxygens (including phenoxy) is 2. The predicted molar refractivity (Wildman–Crippen MR) is 115 cm³/mol. The molecule has 0 aliphatic carbocycles. The minimum Gasteiger partial charge on any atom is -0.492 e. The standard InChI is InChI=1S/C21H26N6O4/c1-14(2)27-19-17(20(28)25(3)21(29)23-19)22-18(24-27)15-4-6-16(7-5-15)31-13-10-26-8-11-30-12-9-26/h4-7,14H,8-13H2,1-3H3. The zero-order valence-corrected chi connectivity index (χ0v) is 17.9. The van der Waals surface area contributed by atoms with Crippen LogP contribution in [0.15, 0.2) is 33.9 Å². The first-order valence-corrected chi connectivity index (χ1v) is 10.3. The lowest BCUT2D eigenvalue weighted by molar-refractivity contribution is 0.0322. The van der Waals surface area contributed by atoms with Crippen LogP contribution in [0.3, 0.4) is 0 Å². The Bertz CT molecular complexity index is 1130. The predicted octanol–water partition coefficient (Wildman–Crippen LogP) is 0.796. The summed E-state index contributed by atoms with van der Waals surface area (Å²) in [4.78, 5) is 35.3. The van der Waals surface area contributed by atoms with Crippen LogP contribution in [0.2, 0.25) is 0 Å². The summed E-state index contributed by atoms with van der Waals surface area (Å²) in [6, 6.07) is 7.33. The Hall–Kier alpha value is -3.11. The fourth-order valence-corrected chi connectivity index (χ4v) is 3.40. The molecule has 0 unspecified atom stereocenters. The van der Waals surface area contributed by atoms with E-state index in [2.05, 4.69) is 20.0 Å². The summed E-state index contributed by atoms with van der Waals surface area (Å²) < 4.78 is 13.7. The summed E-state index contributed by atoms with van der Waals surface area (Å²) in [5.41, 5.74) is -0.255. The minimum absolute atomic E-state index is 0.106. The summed E-state index contributed by atoms with van der Waals surface area (Å²) in [6.45, 7) is 8.66. The molecule has 0 radical (unpaired) electrons. The SMILES string of the molecule is CC(C)n1nc(-c2ccc(OCCN3CCOCC3)cc2)nc2c(=O)n(C)c(=O)nc1-2. The fourth-order valence-electron chi connectivity index (χ4n) is 3.40. The maximum atomic E-state index is 12.6. The first kappa shape index (κ1) is 21.1. The van der Waals surface area contributed by atoms with E-state index < -0.39 is 11.2 Å². The van der Waals surface area contributed by atoms with Crippen LogP contribution in [-0.4, -0.2) is 68.7 Å². The van der Waals surface area contributed by atoms with Crippen LogP contribution in [0.4, 0.5) is 0 Å². The van der Waals surface area contributed by atoms with Crippen molar-refractivity contribution in [1.82, 2.24) is 29.2 Å². The van der Waals surface area contributed by atoms with Gasteiger partial charge in [-0.25, -0.2) is 14.5 Å². The van der Waals surface area contributed by atoms with E-state index in [1.165, 1.54) is 7.05 Å². The molecule has 0 saturated carbocycles. The van der Waals surface area contributed by atoms with Gasteiger partial charge >= 0.3 is 5.69 Å². The number of morpholine rings is 1. The third kappa shape index (κ3) is 4.49. The first-order valence-electron chi connectivity index (χ1n) is 10.3. The molecule has 10 heteroatoms. The average Bonchev–Trinajstić information content (AvgIpc) is 2.78. The van der Waals surface area contributed by atoms with E-state index in [9.17, 15) is 9.59 Å². The van der Waals surface area contributed by atoms with Crippen molar-refractivity contribution < 1.29 is 9.47 Å². The molecule has 0 atom stereocenters. The van der Waals surface area contributed by atoms with Gasteiger partial charge in [-0.3, -0.25) is 14.3 Å². The van der Waals surface area contributed by atoms with Crippen molar-refractivity contribution >= 4 is 0 Å². The highest BCUT2D eigenvalue weighted by atomic mass is 16.5. The minimum atomic E-state index is -0.623. The number of hydrogen-bond donors (Lipinski definition) is 0. The van der Waals surface area contributed by atoms with Gasteiger partial charge in [-0.05, 0) is 38.1 Å². The summed E-state index contributed by atoms with van der Waals surface area (Å²) in [6.07, 6.45) is 0. The molecule has 1 fully saturated rings. The Morgan fingerprint density at radius 2 is 1.81 bits per heavy atom. The van der Waals surface area contributed by atoms with Crippen LogP contribution >= 0.6 is 0 Å². The largest absolute Gasteiger partial charge is 0.492 e. The molecule has 0 aromatic heterocycles. The number of rotatable bonds is 6. The molecule has 0 spiro atoms. The maximum Gasteiger partial charge on any atom is 0.352 e. The molecular weight excluding hydrogens is 400 g/mol. The van der Waals surface area contributed by atoms with E-state index in [1.54, 1.807) is 4.68 Å². The van der Waals surface area contributed by atoms with Crippen molar-refractivity contribution in [3.63, 3.8) is 0 Å². The molecule has 1 aromatic carbocycles. The van der Waals surface area contributed by atoms with Gasteiger partial charge < -0.3 is 9.47 Å². The van der Waals surface area contributed by atoms with Gasteiger partial charge in [0.1, 0.15) is 12.4 Å². The number of aromatic nitrogens is 5. The Morgan fingerprint density at radius 1 is 1.10 bits per heavy atom. The Morgan fingerprint density at radius 3 is 2.48 bits per heavy atom. The molecule has 3 aliphatic rings. The number of nitrogens with zero attached hydrogens (tertiary/aromatic N) is 6. The topological polar surface area (TPSA) is 104 Å². The number of fused-ring (bicyclic) bond motifs is 1. The monoisotopic (exact) mass is 426 g/mol. The van der Waals surface area contributed by atoms with Crippen molar-refractivity contribution in [2.45, 2.75) is 19.9 Å². The summed E-state index contributed by atoms with van der Waals surface area (Å²) >= 11 is 0. The van der Waals surface area contributed by atoms with E-state index in [1.807, 2.05) is 38.1 Å². The second-order valence-corrected chi connectivity index (χ2v) is 7.73. The quantitative estimate of drug-likeness (QED) is 0.570. The van der Waals surface area contributed by atoms with Gasteiger partial charge in [0, 0.05) is 38.3 Å². The van der Waals surface area contributed by atoms with E-state index in [0.717, 1.165) is 48.7 Å². The Labute approximate surface area is 179 Å². The molecule has 1 aromatic rings. The van der Waals surface area contributed by atoms with Crippen LogP contribution in [0, 0.1) is 0 Å². The molecule has 10 nitrogen and oxygen atoms in total. The third-order valence-electron chi connectivity index (χ3n) is 5.23. The zero-order valence-electron chi connectivity index (χ0n) is 17.9. The molecule has 0 N–H and O–H groups in total. The molecule has 0 amide bonds. The van der Waals surface area contributed by atoms with Gasteiger partial charge in [0.15, 0.2) is 17.3 Å². The maximum absolute atomic E-state index is 12.6. The van der Waals surface area contributed by atoms with Gasteiger partial charge in [0.05, 0.1) is 13.2 Å². The molecular formula is C21H26N6O4. The highest BCUT2D eigenvalue weighted by Crippen LogP contribution is 2.23. The molecule has 0 bridgehead atoms.